The Bertz CT molecular complexity index is 397. The van der Waals surface area contributed by atoms with Crippen molar-refractivity contribution in [3.8, 4) is 0 Å². The van der Waals surface area contributed by atoms with Crippen molar-refractivity contribution in [3.05, 3.63) is 27.7 Å². The van der Waals surface area contributed by atoms with Crippen molar-refractivity contribution in [2.45, 2.75) is 45.6 Å². The molecule has 1 fully saturated rings. The van der Waals surface area contributed by atoms with E-state index in [1.807, 2.05) is 12.1 Å². The molecule has 3 heteroatoms. The van der Waals surface area contributed by atoms with Crippen LogP contribution in [0.1, 0.15) is 39.5 Å². The molecule has 100 valence electrons. The van der Waals surface area contributed by atoms with E-state index in [9.17, 15) is 0 Å². The summed E-state index contributed by atoms with van der Waals surface area (Å²) >= 11 is 9.66. The van der Waals surface area contributed by atoms with E-state index >= 15 is 0 Å². The smallest absolute Gasteiger partial charge is 0.0593 e. The molecule has 2 rings (SSSR count). The van der Waals surface area contributed by atoms with Crippen LogP contribution >= 0.6 is 27.5 Å². The molecule has 0 radical (unpaired) electrons. The van der Waals surface area contributed by atoms with Crippen LogP contribution < -0.4 is 5.32 Å². The molecule has 1 aliphatic rings. The monoisotopic (exact) mass is 329 g/mol. The molecule has 0 saturated heterocycles. The molecular weight excluding hydrogens is 310 g/mol. The van der Waals surface area contributed by atoms with E-state index in [4.69, 9.17) is 11.6 Å². The van der Waals surface area contributed by atoms with Gasteiger partial charge >= 0.3 is 0 Å². The maximum atomic E-state index is 6.11. The number of nitrogens with one attached hydrogen (secondary N) is 1. The highest BCUT2D eigenvalue weighted by molar-refractivity contribution is 9.10. The third kappa shape index (κ3) is 3.42. The van der Waals surface area contributed by atoms with Crippen LogP contribution in [0.3, 0.4) is 0 Å². The van der Waals surface area contributed by atoms with Crippen LogP contribution in [0.15, 0.2) is 22.7 Å². The summed E-state index contributed by atoms with van der Waals surface area (Å²) in [7, 11) is 0. The largest absolute Gasteiger partial charge is 0.381 e. The molecule has 1 aliphatic carbocycles. The minimum Gasteiger partial charge on any atom is -0.381 e. The molecule has 0 heterocycles. The van der Waals surface area contributed by atoms with Gasteiger partial charge in [-0.3, -0.25) is 0 Å². The Morgan fingerprint density at radius 2 is 1.89 bits per heavy atom. The first-order valence-electron chi connectivity index (χ1n) is 6.78. The average Bonchev–Trinajstić information content (AvgIpc) is 2.36. The molecule has 18 heavy (non-hydrogen) atoms. The minimum atomic E-state index is 0.592. The summed E-state index contributed by atoms with van der Waals surface area (Å²) < 4.78 is 0.984. The van der Waals surface area contributed by atoms with E-state index in [1.54, 1.807) is 0 Å². The maximum absolute atomic E-state index is 6.11. The first-order chi connectivity index (χ1) is 8.58. The zero-order valence-corrected chi connectivity index (χ0v) is 13.4. The van der Waals surface area contributed by atoms with Gasteiger partial charge < -0.3 is 5.32 Å². The second-order valence-electron chi connectivity index (χ2n) is 5.60. The lowest BCUT2D eigenvalue weighted by atomic mass is 9.79. The molecule has 1 N–H and O–H groups in total. The fourth-order valence-electron chi connectivity index (χ4n) is 2.77. The summed E-state index contributed by atoms with van der Waals surface area (Å²) in [6.07, 6.45) is 5.21. The van der Waals surface area contributed by atoms with E-state index in [0.717, 1.165) is 27.0 Å². The molecule has 1 saturated carbocycles. The van der Waals surface area contributed by atoms with Gasteiger partial charge in [0.05, 0.1) is 15.2 Å². The Labute approximate surface area is 123 Å². The van der Waals surface area contributed by atoms with E-state index in [-0.39, 0.29) is 0 Å². The third-order valence-corrected chi connectivity index (χ3v) is 5.42. The van der Waals surface area contributed by atoms with Gasteiger partial charge in [0.1, 0.15) is 0 Å². The Kier molecular flexibility index (Phi) is 4.97. The predicted molar refractivity (Wildman–Crippen MR) is 83.4 cm³/mol. The Morgan fingerprint density at radius 1 is 1.22 bits per heavy atom. The van der Waals surface area contributed by atoms with Gasteiger partial charge in [-0.2, -0.15) is 0 Å². The Balaban J connectivity index is 1.94. The molecular formula is C15H21BrClN. The second-order valence-corrected chi connectivity index (χ2v) is 6.80. The molecule has 1 nitrogen and oxygen atoms in total. The number of hydrogen-bond donors (Lipinski definition) is 1. The zero-order valence-electron chi connectivity index (χ0n) is 11.0. The summed E-state index contributed by atoms with van der Waals surface area (Å²) in [5.41, 5.74) is 1.12. The number of anilines is 1. The van der Waals surface area contributed by atoms with Crippen LogP contribution in [0.5, 0.6) is 0 Å². The van der Waals surface area contributed by atoms with Gasteiger partial charge in [0.2, 0.25) is 0 Å². The quantitative estimate of drug-likeness (QED) is 0.746. The SMILES string of the molecule is CC(C)C1CCC(Nc2cccc(Cl)c2Br)CC1. The Hall–Kier alpha value is -0.210. The first-order valence-corrected chi connectivity index (χ1v) is 7.95. The maximum Gasteiger partial charge on any atom is 0.0593 e. The summed E-state index contributed by atoms with van der Waals surface area (Å²) in [6.45, 7) is 4.68. The zero-order chi connectivity index (χ0) is 13.1. The number of benzene rings is 1. The van der Waals surface area contributed by atoms with Crippen LogP contribution in [0, 0.1) is 11.8 Å². The molecule has 0 amide bonds. The summed E-state index contributed by atoms with van der Waals surface area (Å²) in [5.74, 6) is 1.73. The van der Waals surface area contributed by atoms with E-state index in [1.165, 1.54) is 25.7 Å². The lowest BCUT2D eigenvalue weighted by Gasteiger charge is -2.32. The molecule has 0 unspecified atom stereocenters. The molecule has 0 bridgehead atoms. The van der Waals surface area contributed by atoms with Gasteiger partial charge in [0.15, 0.2) is 0 Å². The van der Waals surface area contributed by atoms with Crippen molar-refractivity contribution in [1.82, 2.24) is 0 Å². The molecule has 0 atom stereocenters. The Morgan fingerprint density at radius 3 is 2.50 bits per heavy atom. The van der Waals surface area contributed by atoms with E-state index < -0.39 is 0 Å². The first kappa shape index (κ1) is 14.2. The van der Waals surface area contributed by atoms with Crippen molar-refractivity contribution in [3.63, 3.8) is 0 Å². The fraction of sp³-hybridized carbons (Fsp3) is 0.600. The standard InChI is InChI=1S/C15H21BrClN/c1-10(2)11-6-8-12(9-7-11)18-14-5-3-4-13(17)15(14)16/h3-5,10-12,18H,6-9H2,1-2H3. The molecule has 0 aromatic heterocycles. The van der Waals surface area contributed by atoms with Gasteiger partial charge in [-0.15, -0.1) is 0 Å². The van der Waals surface area contributed by atoms with Crippen LogP contribution in [-0.2, 0) is 0 Å². The van der Waals surface area contributed by atoms with Crippen molar-refractivity contribution in [2.75, 3.05) is 5.32 Å². The highest BCUT2D eigenvalue weighted by atomic mass is 79.9. The van der Waals surface area contributed by atoms with Crippen LogP contribution in [0.25, 0.3) is 0 Å². The van der Waals surface area contributed by atoms with Gasteiger partial charge in [-0.05, 0) is 65.6 Å². The third-order valence-electron chi connectivity index (χ3n) is 4.03. The second kappa shape index (κ2) is 6.29. The van der Waals surface area contributed by atoms with Crippen LogP contribution in [0.2, 0.25) is 5.02 Å². The van der Waals surface area contributed by atoms with Crippen molar-refractivity contribution in [1.29, 1.82) is 0 Å². The van der Waals surface area contributed by atoms with Gasteiger partial charge in [0.25, 0.3) is 0 Å². The molecule has 0 spiro atoms. The summed E-state index contributed by atoms with van der Waals surface area (Å²) in [5, 5.41) is 4.39. The topological polar surface area (TPSA) is 12.0 Å². The fourth-order valence-corrected chi connectivity index (χ4v) is 3.32. The number of rotatable bonds is 3. The van der Waals surface area contributed by atoms with Crippen molar-refractivity contribution >= 4 is 33.2 Å². The molecule has 1 aromatic carbocycles. The van der Waals surface area contributed by atoms with Crippen LogP contribution in [0.4, 0.5) is 5.69 Å². The lowest BCUT2D eigenvalue weighted by Crippen LogP contribution is -2.28. The highest BCUT2D eigenvalue weighted by Crippen LogP contribution is 2.34. The minimum absolute atomic E-state index is 0.592. The van der Waals surface area contributed by atoms with Crippen molar-refractivity contribution < 1.29 is 0 Å². The summed E-state index contributed by atoms with van der Waals surface area (Å²) in [6, 6.07) is 6.58. The lowest BCUT2D eigenvalue weighted by molar-refractivity contribution is 0.267. The molecule has 0 aliphatic heterocycles. The van der Waals surface area contributed by atoms with Crippen molar-refractivity contribution in [2.24, 2.45) is 11.8 Å². The van der Waals surface area contributed by atoms with Gasteiger partial charge in [0, 0.05) is 6.04 Å². The number of hydrogen-bond acceptors (Lipinski definition) is 1. The molecule has 1 aromatic rings. The van der Waals surface area contributed by atoms with E-state index in [2.05, 4.69) is 41.2 Å². The summed E-state index contributed by atoms with van der Waals surface area (Å²) in [4.78, 5) is 0. The van der Waals surface area contributed by atoms with Gasteiger partial charge in [-0.25, -0.2) is 0 Å². The average molecular weight is 331 g/mol. The van der Waals surface area contributed by atoms with Crippen LogP contribution in [-0.4, -0.2) is 6.04 Å². The normalized spacial score (nSPS) is 24.3. The highest BCUT2D eigenvalue weighted by Gasteiger charge is 2.23. The van der Waals surface area contributed by atoms with Gasteiger partial charge in [-0.1, -0.05) is 31.5 Å². The predicted octanol–water partition coefficient (Wildman–Crippen LogP) is 5.73. The van der Waals surface area contributed by atoms with E-state index in [0.29, 0.717) is 6.04 Å². The number of halogens is 2.